The lowest BCUT2D eigenvalue weighted by Gasteiger charge is -2.29. The first-order valence-electron chi connectivity index (χ1n) is 6.08. The van der Waals surface area contributed by atoms with Crippen LogP contribution in [0, 0.1) is 20.2 Å². The summed E-state index contributed by atoms with van der Waals surface area (Å²) in [5.41, 5.74) is -0.122. The lowest BCUT2D eigenvalue weighted by atomic mass is 10.0. The molecule has 1 N–H and O–H groups in total. The van der Waals surface area contributed by atoms with E-state index < -0.39 is 21.9 Å². The Bertz CT molecular complexity index is 690. The number of hydrogen-bond acceptors (Lipinski definition) is 6. The van der Waals surface area contributed by atoms with Crippen molar-refractivity contribution in [1.29, 1.82) is 0 Å². The maximum atomic E-state index is 11.9. The summed E-state index contributed by atoms with van der Waals surface area (Å²) in [6.07, 6.45) is 1.62. The summed E-state index contributed by atoms with van der Waals surface area (Å²) in [6, 6.07) is 3.88. The van der Waals surface area contributed by atoms with Crippen LogP contribution in [0.25, 0.3) is 0 Å². The highest BCUT2D eigenvalue weighted by atomic mass is 32.2. The molecule has 0 saturated heterocycles. The molecule has 1 aromatic rings. The van der Waals surface area contributed by atoms with E-state index in [1.54, 1.807) is 6.26 Å². The molecule has 0 radical (unpaired) electrons. The molecule has 0 aromatic heterocycles. The van der Waals surface area contributed by atoms with Gasteiger partial charge in [-0.25, -0.2) is 4.79 Å². The van der Waals surface area contributed by atoms with Crippen molar-refractivity contribution >= 4 is 23.5 Å². The van der Waals surface area contributed by atoms with Gasteiger partial charge in [-0.15, -0.1) is 11.8 Å². The van der Waals surface area contributed by atoms with Crippen molar-refractivity contribution in [2.75, 3.05) is 13.3 Å². The second kappa shape index (κ2) is 6.02. The average Bonchev–Trinajstić information content (AvgIpc) is 2.49. The molecule has 1 atom stereocenters. The number of nitro groups is 2. The third kappa shape index (κ3) is 2.72. The predicted octanol–water partition coefficient (Wildman–Crippen LogP) is 2.10. The Morgan fingerprint density at radius 3 is 2.50 bits per heavy atom. The molecule has 1 aromatic carbocycles. The maximum Gasteiger partial charge on any atom is 0.323 e. The Balaban J connectivity index is 2.59. The number of non-ortho nitro benzene ring substituents is 1. The SMILES string of the molecule is CSC1=C([N+](=O)[O-])C(c2cccc([N+](=O)[O-])c2)NC(=O)N1C. The molecule has 1 unspecified atom stereocenters. The van der Waals surface area contributed by atoms with E-state index in [-0.39, 0.29) is 22.0 Å². The Kier molecular flexibility index (Phi) is 4.31. The van der Waals surface area contributed by atoms with Gasteiger partial charge in [0.25, 0.3) is 5.69 Å². The second-order valence-corrected chi connectivity index (χ2v) is 5.24. The summed E-state index contributed by atoms with van der Waals surface area (Å²) >= 11 is 1.07. The fourth-order valence-corrected chi connectivity index (χ4v) is 2.92. The number of thioether (sulfide) groups is 1. The van der Waals surface area contributed by atoms with E-state index in [9.17, 15) is 25.0 Å². The summed E-state index contributed by atoms with van der Waals surface area (Å²) in [5, 5.41) is 24.9. The quantitative estimate of drug-likeness (QED) is 0.669. The van der Waals surface area contributed by atoms with Gasteiger partial charge in [-0.2, -0.15) is 0 Å². The summed E-state index contributed by atoms with van der Waals surface area (Å²) in [4.78, 5) is 34.2. The minimum absolute atomic E-state index is 0.195. The minimum atomic E-state index is -1.04. The first kappa shape index (κ1) is 15.8. The number of hydrogen-bond donors (Lipinski definition) is 1. The first-order chi connectivity index (χ1) is 10.4. The van der Waals surface area contributed by atoms with Gasteiger partial charge in [-0.3, -0.25) is 25.1 Å². The number of carbonyl (C=O) groups is 1. The van der Waals surface area contributed by atoms with Crippen LogP contribution < -0.4 is 5.32 Å². The van der Waals surface area contributed by atoms with E-state index in [1.807, 2.05) is 0 Å². The molecule has 0 saturated carbocycles. The molecule has 9 nitrogen and oxygen atoms in total. The van der Waals surface area contributed by atoms with Crippen LogP contribution in [0.4, 0.5) is 10.5 Å². The third-order valence-electron chi connectivity index (χ3n) is 3.17. The van der Waals surface area contributed by atoms with Crippen molar-refractivity contribution in [1.82, 2.24) is 10.2 Å². The van der Waals surface area contributed by atoms with Crippen molar-refractivity contribution in [3.8, 4) is 0 Å². The molecule has 1 aliphatic heterocycles. The zero-order chi connectivity index (χ0) is 16.4. The standard InChI is InChI=1S/C12H12N4O5S/c1-14-11(22-2)10(16(20)21)9(13-12(14)17)7-4-3-5-8(6-7)15(18)19/h3-6,9H,1-2H3,(H,13,17). The highest BCUT2D eigenvalue weighted by Gasteiger charge is 2.40. The molecule has 0 aliphatic carbocycles. The molecular formula is C12H12N4O5S. The highest BCUT2D eigenvalue weighted by Crippen LogP contribution is 2.35. The van der Waals surface area contributed by atoms with Gasteiger partial charge in [0, 0.05) is 19.2 Å². The number of amides is 2. The van der Waals surface area contributed by atoms with Crippen molar-refractivity contribution < 1.29 is 14.6 Å². The number of carbonyl (C=O) groups excluding carboxylic acids is 1. The molecule has 10 heteroatoms. The molecule has 1 aliphatic rings. The second-order valence-electron chi connectivity index (χ2n) is 4.45. The van der Waals surface area contributed by atoms with E-state index in [1.165, 1.54) is 31.3 Å². The largest absolute Gasteiger partial charge is 0.323 e. The average molecular weight is 324 g/mol. The van der Waals surface area contributed by atoms with Crippen molar-refractivity contribution in [2.24, 2.45) is 0 Å². The number of urea groups is 1. The highest BCUT2D eigenvalue weighted by molar-refractivity contribution is 8.02. The van der Waals surface area contributed by atoms with Crippen LogP contribution in [0.2, 0.25) is 0 Å². The molecular weight excluding hydrogens is 312 g/mol. The smallest absolute Gasteiger partial charge is 0.321 e. The number of nitrogens with zero attached hydrogens (tertiary/aromatic N) is 3. The Labute approximate surface area is 129 Å². The maximum absolute atomic E-state index is 11.9. The topological polar surface area (TPSA) is 119 Å². The Morgan fingerprint density at radius 1 is 1.27 bits per heavy atom. The van der Waals surface area contributed by atoms with Crippen LogP contribution >= 0.6 is 11.8 Å². The predicted molar refractivity (Wildman–Crippen MR) is 79.7 cm³/mol. The minimum Gasteiger partial charge on any atom is -0.321 e. The Morgan fingerprint density at radius 2 is 1.95 bits per heavy atom. The third-order valence-corrected chi connectivity index (χ3v) is 4.04. The van der Waals surface area contributed by atoms with Crippen molar-refractivity contribution in [3.63, 3.8) is 0 Å². The number of nitrogens with one attached hydrogen (secondary N) is 1. The fourth-order valence-electron chi connectivity index (χ4n) is 2.16. The molecule has 0 bridgehead atoms. The normalized spacial score (nSPS) is 18.2. The molecule has 2 amide bonds. The van der Waals surface area contributed by atoms with Crippen molar-refractivity contribution in [2.45, 2.75) is 6.04 Å². The number of nitro benzene ring substituents is 1. The van der Waals surface area contributed by atoms with E-state index in [4.69, 9.17) is 0 Å². The summed E-state index contributed by atoms with van der Waals surface area (Å²) in [6.45, 7) is 0. The number of benzene rings is 1. The van der Waals surface area contributed by atoms with E-state index in [0.29, 0.717) is 0 Å². The van der Waals surface area contributed by atoms with Gasteiger partial charge in [0.1, 0.15) is 6.04 Å². The van der Waals surface area contributed by atoms with Crippen LogP contribution in [0.1, 0.15) is 11.6 Å². The lowest BCUT2D eigenvalue weighted by Crippen LogP contribution is -2.45. The van der Waals surface area contributed by atoms with Crippen LogP contribution in [0.15, 0.2) is 35.0 Å². The molecule has 1 heterocycles. The van der Waals surface area contributed by atoms with Crippen LogP contribution in [-0.4, -0.2) is 34.1 Å². The van der Waals surface area contributed by atoms with Gasteiger partial charge >= 0.3 is 11.7 Å². The summed E-state index contributed by atoms with van der Waals surface area (Å²) in [5.74, 6) is 0. The lowest BCUT2D eigenvalue weighted by molar-refractivity contribution is -0.432. The zero-order valence-corrected chi connectivity index (χ0v) is 12.5. The van der Waals surface area contributed by atoms with Gasteiger partial charge in [-0.05, 0) is 11.8 Å². The Hall–Kier alpha value is -2.62. The summed E-state index contributed by atoms with van der Waals surface area (Å²) < 4.78 is 0. The number of rotatable bonds is 4. The van der Waals surface area contributed by atoms with Crippen molar-refractivity contribution in [3.05, 3.63) is 60.8 Å². The van der Waals surface area contributed by atoms with E-state index >= 15 is 0 Å². The van der Waals surface area contributed by atoms with Crippen LogP contribution in [-0.2, 0) is 0 Å². The fraction of sp³-hybridized carbons (Fsp3) is 0.250. The zero-order valence-electron chi connectivity index (χ0n) is 11.7. The van der Waals surface area contributed by atoms with Crippen LogP contribution in [0.5, 0.6) is 0 Å². The molecule has 0 spiro atoms. The van der Waals surface area contributed by atoms with Gasteiger partial charge in [0.15, 0.2) is 5.03 Å². The van der Waals surface area contributed by atoms with Crippen LogP contribution in [0.3, 0.4) is 0 Å². The van der Waals surface area contributed by atoms with Gasteiger partial charge in [-0.1, -0.05) is 12.1 Å². The van der Waals surface area contributed by atoms with Gasteiger partial charge < -0.3 is 5.32 Å². The molecule has 2 rings (SSSR count). The first-order valence-corrected chi connectivity index (χ1v) is 7.30. The summed E-state index contributed by atoms with van der Waals surface area (Å²) in [7, 11) is 1.42. The molecule has 22 heavy (non-hydrogen) atoms. The van der Waals surface area contributed by atoms with Gasteiger partial charge in [0.05, 0.1) is 9.85 Å². The van der Waals surface area contributed by atoms with E-state index in [2.05, 4.69) is 5.32 Å². The molecule has 0 fully saturated rings. The molecule has 116 valence electrons. The monoisotopic (exact) mass is 324 g/mol. The van der Waals surface area contributed by atoms with Gasteiger partial charge in [0.2, 0.25) is 0 Å². The van der Waals surface area contributed by atoms with E-state index in [0.717, 1.165) is 16.7 Å².